The molecule has 0 aliphatic heterocycles. The maximum Gasteiger partial charge on any atom is 0.115 e. The zero-order valence-electron chi connectivity index (χ0n) is 8.86. The van der Waals surface area contributed by atoms with E-state index < -0.39 is 0 Å². The number of benzene rings is 1. The fraction of sp³-hybridized carbons (Fsp3) is 0.250. The first kappa shape index (κ1) is 9.77. The molecule has 0 fully saturated rings. The van der Waals surface area contributed by atoms with Gasteiger partial charge < -0.3 is 10.1 Å². The molecule has 78 valence electrons. The normalized spacial score (nSPS) is 10.9. The number of nitrogens with one attached hydrogen (secondary N) is 1. The molecule has 0 bridgehead atoms. The molecule has 0 saturated heterocycles. The fourth-order valence-corrected chi connectivity index (χ4v) is 1.42. The lowest BCUT2D eigenvalue weighted by atomic mass is 10.1. The van der Waals surface area contributed by atoms with Crippen LogP contribution in [0, 0.1) is 0 Å². The second-order valence-corrected chi connectivity index (χ2v) is 3.88. The summed E-state index contributed by atoms with van der Waals surface area (Å²) in [6.07, 6.45) is 1.82. The van der Waals surface area contributed by atoms with E-state index in [4.69, 9.17) is 0 Å². The molecule has 0 saturated carbocycles. The quantitative estimate of drug-likeness (QED) is 0.786. The average molecular weight is 202 g/mol. The minimum absolute atomic E-state index is 0.280. The summed E-state index contributed by atoms with van der Waals surface area (Å²) in [5.41, 5.74) is 2.02. The summed E-state index contributed by atoms with van der Waals surface area (Å²) in [7, 11) is 0. The van der Waals surface area contributed by atoms with Crippen molar-refractivity contribution in [2.75, 3.05) is 0 Å². The van der Waals surface area contributed by atoms with Gasteiger partial charge in [-0.15, -0.1) is 0 Å². The van der Waals surface area contributed by atoms with Crippen LogP contribution in [0.3, 0.4) is 0 Å². The van der Waals surface area contributed by atoms with Crippen LogP contribution in [-0.4, -0.2) is 15.1 Å². The van der Waals surface area contributed by atoms with Crippen molar-refractivity contribution in [2.45, 2.75) is 19.8 Å². The van der Waals surface area contributed by atoms with Gasteiger partial charge in [0.25, 0.3) is 0 Å². The number of hydrogen-bond donors (Lipinski definition) is 2. The Kier molecular flexibility index (Phi) is 2.46. The van der Waals surface area contributed by atoms with Crippen molar-refractivity contribution in [3.05, 3.63) is 36.3 Å². The molecule has 0 aliphatic rings. The molecule has 0 amide bonds. The predicted octanol–water partition coefficient (Wildman–Crippen LogP) is 2.91. The molecule has 0 spiro atoms. The summed E-state index contributed by atoms with van der Waals surface area (Å²) >= 11 is 0. The molecule has 3 nitrogen and oxygen atoms in total. The number of aromatic amines is 1. The van der Waals surface area contributed by atoms with Crippen LogP contribution in [0.4, 0.5) is 0 Å². The number of aromatic nitrogens is 2. The number of hydrogen-bond acceptors (Lipinski definition) is 2. The maximum atomic E-state index is 9.17. The molecule has 0 unspecified atom stereocenters. The van der Waals surface area contributed by atoms with Crippen LogP contribution in [0.2, 0.25) is 0 Å². The lowest BCUT2D eigenvalue weighted by Gasteiger charge is -1.99. The molecule has 2 N–H and O–H groups in total. The number of H-pyrrole nitrogens is 1. The van der Waals surface area contributed by atoms with Crippen LogP contribution in [0.5, 0.6) is 5.75 Å². The van der Waals surface area contributed by atoms with E-state index in [2.05, 4.69) is 23.8 Å². The highest BCUT2D eigenvalue weighted by atomic mass is 16.3. The van der Waals surface area contributed by atoms with E-state index in [1.165, 1.54) is 0 Å². The van der Waals surface area contributed by atoms with Crippen molar-refractivity contribution in [3.8, 4) is 17.0 Å². The second-order valence-electron chi connectivity index (χ2n) is 3.88. The standard InChI is InChI=1S/C12H14N2O/c1-8(2)12-13-7-11(14-12)9-3-5-10(15)6-4-9/h3-8,15H,1-2H3,(H,13,14). The van der Waals surface area contributed by atoms with Gasteiger partial charge in [-0.25, -0.2) is 4.98 Å². The van der Waals surface area contributed by atoms with Gasteiger partial charge in [-0.2, -0.15) is 0 Å². The largest absolute Gasteiger partial charge is 0.508 e. The van der Waals surface area contributed by atoms with E-state index in [1.807, 2.05) is 18.3 Å². The first-order valence-electron chi connectivity index (χ1n) is 5.01. The molecule has 2 aromatic rings. The van der Waals surface area contributed by atoms with Gasteiger partial charge in [-0.05, 0) is 29.8 Å². The Morgan fingerprint density at radius 2 is 1.87 bits per heavy atom. The summed E-state index contributed by atoms with van der Waals surface area (Å²) in [4.78, 5) is 7.55. The molecule has 0 aliphatic carbocycles. The smallest absolute Gasteiger partial charge is 0.115 e. The topological polar surface area (TPSA) is 48.9 Å². The van der Waals surface area contributed by atoms with Gasteiger partial charge in [-0.3, -0.25) is 0 Å². The Morgan fingerprint density at radius 1 is 1.20 bits per heavy atom. The number of nitrogens with zero attached hydrogens (tertiary/aromatic N) is 1. The first-order chi connectivity index (χ1) is 7.16. The van der Waals surface area contributed by atoms with Crippen LogP contribution in [0.25, 0.3) is 11.3 Å². The monoisotopic (exact) mass is 202 g/mol. The van der Waals surface area contributed by atoms with Gasteiger partial charge in [-0.1, -0.05) is 13.8 Å². The molecule has 1 heterocycles. The third-order valence-electron chi connectivity index (χ3n) is 2.32. The van der Waals surface area contributed by atoms with Crippen molar-refractivity contribution >= 4 is 0 Å². The minimum Gasteiger partial charge on any atom is -0.508 e. The highest BCUT2D eigenvalue weighted by molar-refractivity contribution is 5.59. The zero-order valence-corrected chi connectivity index (χ0v) is 8.86. The Morgan fingerprint density at radius 3 is 2.40 bits per heavy atom. The Hall–Kier alpha value is -1.77. The Labute approximate surface area is 88.8 Å². The highest BCUT2D eigenvalue weighted by Gasteiger charge is 2.05. The molecule has 0 atom stereocenters. The first-order valence-corrected chi connectivity index (χ1v) is 5.01. The van der Waals surface area contributed by atoms with E-state index in [-0.39, 0.29) is 5.75 Å². The summed E-state index contributed by atoms with van der Waals surface area (Å²) in [6.45, 7) is 4.19. The third kappa shape index (κ3) is 2.01. The molecule has 0 radical (unpaired) electrons. The lowest BCUT2D eigenvalue weighted by molar-refractivity contribution is 0.475. The molecular weight excluding hydrogens is 188 g/mol. The molecule has 1 aromatic carbocycles. The predicted molar refractivity (Wildman–Crippen MR) is 59.8 cm³/mol. The van der Waals surface area contributed by atoms with E-state index in [9.17, 15) is 5.11 Å². The van der Waals surface area contributed by atoms with Crippen molar-refractivity contribution in [3.63, 3.8) is 0 Å². The van der Waals surface area contributed by atoms with Crippen LogP contribution >= 0.6 is 0 Å². The van der Waals surface area contributed by atoms with E-state index >= 15 is 0 Å². The summed E-state index contributed by atoms with van der Waals surface area (Å²) in [6, 6.07) is 7.08. The van der Waals surface area contributed by atoms with Gasteiger partial charge in [0.05, 0.1) is 11.9 Å². The van der Waals surface area contributed by atoms with Crippen LogP contribution < -0.4 is 0 Å². The zero-order chi connectivity index (χ0) is 10.8. The molecule has 2 rings (SSSR count). The highest BCUT2D eigenvalue weighted by Crippen LogP contribution is 2.21. The minimum atomic E-state index is 0.280. The van der Waals surface area contributed by atoms with Crippen molar-refractivity contribution in [1.82, 2.24) is 9.97 Å². The third-order valence-corrected chi connectivity index (χ3v) is 2.32. The summed E-state index contributed by atoms with van der Waals surface area (Å²) in [5, 5.41) is 9.17. The Bertz CT molecular complexity index is 443. The van der Waals surface area contributed by atoms with Gasteiger partial charge in [0.15, 0.2) is 0 Å². The van der Waals surface area contributed by atoms with Crippen LogP contribution in [0.1, 0.15) is 25.6 Å². The maximum absolute atomic E-state index is 9.17. The second kappa shape index (κ2) is 3.77. The lowest BCUT2D eigenvalue weighted by Crippen LogP contribution is -1.89. The van der Waals surface area contributed by atoms with Crippen molar-refractivity contribution in [1.29, 1.82) is 0 Å². The molecule has 1 aromatic heterocycles. The number of aromatic hydroxyl groups is 1. The van der Waals surface area contributed by atoms with Gasteiger partial charge in [0, 0.05) is 5.92 Å². The molecule has 3 heteroatoms. The summed E-state index contributed by atoms with van der Waals surface area (Å²) in [5.74, 6) is 1.66. The van der Waals surface area contributed by atoms with Gasteiger partial charge in [0.2, 0.25) is 0 Å². The number of phenols is 1. The van der Waals surface area contributed by atoms with Gasteiger partial charge >= 0.3 is 0 Å². The molecule has 15 heavy (non-hydrogen) atoms. The number of imidazole rings is 1. The summed E-state index contributed by atoms with van der Waals surface area (Å²) < 4.78 is 0. The number of phenolic OH excluding ortho intramolecular Hbond substituents is 1. The van der Waals surface area contributed by atoms with E-state index in [0.29, 0.717) is 5.92 Å². The average Bonchev–Trinajstić information content (AvgIpc) is 2.68. The van der Waals surface area contributed by atoms with E-state index in [1.54, 1.807) is 12.1 Å². The van der Waals surface area contributed by atoms with Crippen LogP contribution in [-0.2, 0) is 0 Å². The Balaban J connectivity index is 2.33. The number of rotatable bonds is 2. The fourth-order valence-electron chi connectivity index (χ4n) is 1.42. The van der Waals surface area contributed by atoms with Gasteiger partial charge in [0.1, 0.15) is 11.6 Å². The van der Waals surface area contributed by atoms with Crippen molar-refractivity contribution in [2.24, 2.45) is 0 Å². The van der Waals surface area contributed by atoms with Crippen LogP contribution in [0.15, 0.2) is 30.5 Å². The van der Waals surface area contributed by atoms with E-state index in [0.717, 1.165) is 17.1 Å². The SMILES string of the molecule is CC(C)c1ncc(-c2ccc(O)cc2)[nH]1. The van der Waals surface area contributed by atoms with Crippen molar-refractivity contribution < 1.29 is 5.11 Å². The molecular formula is C12H14N2O.